The van der Waals surface area contributed by atoms with Gasteiger partial charge in [-0.3, -0.25) is 4.79 Å². The Morgan fingerprint density at radius 3 is 2.43 bits per heavy atom. The van der Waals surface area contributed by atoms with Crippen molar-refractivity contribution in [2.24, 2.45) is 11.8 Å². The molecule has 0 unspecified atom stereocenters. The van der Waals surface area contributed by atoms with E-state index in [1.54, 1.807) is 22.5 Å². The van der Waals surface area contributed by atoms with Gasteiger partial charge in [0.15, 0.2) is 6.54 Å². The van der Waals surface area contributed by atoms with Crippen molar-refractivity contribution in [1.82, 2.24) is 4.31 Å². The summed E-state index contributed by atoms with van der Waals surface area (Å²) in [6, 6.07) is 5.05. The van der Waals surface area contributed by atoms with Crippen LogP contribution in [0.5, 0.6) is 0 Å². The van der Waals surface area contributed by atoms with Gasteiger partial charge in [-0.1, -0.05) is 26.3 Å². The van der Waals surface area contributed by atoms with E-state index in [0.717, 1.165) is 37.9 Å². The topological polar surface area (TPSA) is 70.9 Å². The molecule has 0 saturated carbocycles. The zero-order valence-corrected chi connectivity index (χ0v) is 18.1. The SMILES string of the molecule is Cc1ccc(S(=O)(=O)N2CCCCC2)cc1NC(=O)C[NH+]1C[C@H](C)C[C@@H](C)C1. The van der Waals surface area contributed by atoms with Gasteiger partial charge in [0.2, 0.25) is 10.0 Å². The Morgan fingerprint density at radius 2 is 1.79 bits per heavy atom. The fourth-order valence-electron chi connectivity index (χ4n) is 4.64. The first-order valence-corrected chi connectivity index (χ1v) is 11.9. The second-order valence-corrected chi connectivity index (χ2v) is 10.7. The molecule has 1 aromatic rings. The molecule has 2 N–H and O–H groups in total. The third kappa shape index (κ3) is 5.13. The average molecular weight is 409 g/mol. The molecule has 2 saturated heterocycles. The molecule has 2 fully saturated rings. The molecule has 0 radical (unpaired) electrons. The molecule has 2 atom stereocenters. The molecule has 2 aliphatic rings. The number of nitrogens with one attached hydrogen (secondary N) is 2. The van der Waals surface area contributed by atoms with Crippen LogP contribution in [0.4, 0.5) is 5.69 Å². The molecular weight excluding hydrogens is 374 g/mol. The Hall–Kier alpha value is -1.44. The van der Waals surface area contributed by atoms with E-state index in [9.17, 15) is 13.2 Å². The van der Waals surface area contributed by atoms with Gasteiger partial charge in [-0.2, -0.15) is 4.31 Å². The van der Waals surface area contributed by atoms with Gasteiger partial charge < -0.3 is 10.2 Å². The summed E-state index contributed by atoms with van der Waals surface area (Å²) in [7, 11) is -3.50. The summed E-state index contributed by atoms with van der Waals surface area (Å²) in [5, 5.41) is 2.96. The van der Waals surface area contributed by atoms with Crippen molar-refractivity contribution >= 4 is 21.6 Å². The number of hydrogen-bond donors (Lipinski definition) is 2. The fourth-order valence-corrected chi connectivity index (χ4v) is 6.18. The molecule has 0 aliphatic carbocycles. The molecule has 3 rings (SSSR count). The second kappa shape index (κ2) is 8.93. The number of nitrogens with zero attached hydrogens (tertiary/aromatic N) is 1. The molecule has 28 heavy (non-hydrogen) atoms. The number of aryl methyl sites for hydroxylation is 1. The minimum absolute atomic E-state index is 0.0491. The Kier molecular flexibility index (Phi) is 6.78. The number of carbonyl (C=O) groups excluding carboxylic acids is 1. The van der Waals surface area contributed by atoms with Crippen molar-refractivity contribution in [3.05, 3.63) is 23.8 Å². The fraction of sp³-hybridized carbons (Fsp3) is 0.667. The zero-order valence-electron chi connectivity index (χ0n) is 17.3. The van der Waals surface area contributed by atoms with Crippen LogP contribution in [-0.4, -0.2) is 51.4 Å². The third-order valence-electron chi connectivity index (χ3n) is 5.93. The summed E-state index contributed by atoms with van der Waals surface area (Å²) in [4.78, 5) is 14.2. The second-order valence-electron chi connectivity index (χ2n) is 8.77. The molecule has 2 heterocycles. The van der Waals surface area contributed by atoms with Crippen LogP contribution in [0.3, 0.4) is 0 Å². The van der Waals surface area contributed by atoms with Crippen molar-refractivity contribution < 1.29 is 18.1 Å². The van der Waals surface area contributed by atoms with E-state index in [-0.39, 0.29) is 10.8 Å². The summed E-state index contributed by atoms with van der Waals surface area (Å²) in [6.07, 6.45) is 4.12. The molecule has 1 amide bonds. The number of sulfonamides is 1. The Morgan fingerprint density at radius 1 is 1.14 bits per heavy atom. The number of piperidine rings is 2. The highest BCUT2D eigenvalue weighted by Crippen LogP contribution is 2.25. The van der Waals surface area contributed by atoms with E-state index in [0.29, 0.717) is 37.2 Å². The first-order valence-electron chi connectivity index (χ1n) is 10.5. The van der Waals surface area contributed by atoms with Gasteiger partial charge in [0.25, 0.3) is 5.91 Å². The Bertz CT molecular complexity index is 793. The molecule has 0 spiro atoms. The number of likely N-dealkylation sites (tertiary alicyclic amines) is 1. The van der Waals surface area contributed by atoms with Crippen molar-refractivity contribution in [1.29, 1.82) is 0 Å². The zero-order chi connectivity index (χ0) is 20.3. The first-order chi connectivity index (χ1) is 13.3. The summed E-state index contributed by atoms with van der Waals surface area (Å²) in [5.41, 5.74) is 1.47. The molecule has 7 heteroatoms. The van der Waals surface area contributed by atoms with Crippen LogP contribution in [-0.2, 0) is 14.8 Å². The average Bonchev–Trinajstić information content (AvgIpc) is 2.63. The molecule has 1 aromatic carbocycles. The van der Waals surface area contributed by atoms with Gasteiger partial charge in [-0.05, 0) is 43.9 Å². The van der Waals surface area contributed by atoms with E-state index in [4.69, 9.17) is 0 Å². The molecule has 0 aromatic heterocycles. The van der Waals surface area contributed by atoms with E-state index in [1.807, 2.05) is 6.92 Å². The lowest BCUT2D eigenvalue weighted by molar-refractivity contribution is -0.904. The molecule has 2 aliphatic heterocycles. The standard InChI is InChI=1S/C21H33N3O3S/c1-16-11-17(2)14-23(13-16)15-21(25)22-20-12-19(8-7-18(20)3)28(26,27)24-9-5-4-6-10-24/h7-8,12,16-17H,4-6,9-11,13-15H2,1-3H3,(H,22,25)/p+1/t16-,17-/m1/s1. The lowest BCUT2D eigenvalue weighted by atomic mass is 9.92. The predicted molar refractivity (Wildman–Crippen MR) is 111 cm³/mol. The lowest BCUT2D eigenvalue weighted by Crippen LogP contribution is -3.15. The van der Waals surface area contributed by atoms with Gasteiger partial charge in [-0.25, -0.2) is 8.42 Å². The molecule has 156 valence electrons. The van der Waals surface area contributed by atoms with Crippen LogP contribution in [0.25, 0.3) is 0 Å². The van der Waals surface area contributed by atoms with Gasteiger partial charge in [0, 0.05) is 30.6 Å². The van der Waals surface area contributed by atoms with Crippen molar-refractivity contribution in [2.45, 2.75) is 51.3 Å². The van der Waals surface area contributed by atoms with Crippen molar-refractivity contribution in [2.75, 3.05) is 38.0 Å². The number of rotatable bonds is 5. The number of amides is 1. The predicted octanol–water partition coefficient (Wildman–Crippen LogP) is 1.67. The number of quaternary nitrogens is 1. The molecular formula is C21H34N3O3S+. The summed E-state index contributed by atoms with van der Waals surface area (Å²) < 4.78 is 27.4. The smallest absolute Gasteiger partial charge is 0.279 e. The first kappa shape index (κ1) is 21.3. The quantitative estimate of drug-likeness (QED) is 0.779. The van der Waals surface area contributed by atoms with Crippen molar-refractivity contribution in [3.63, 3.8) is 0 Å². The van der Waals surface area contributed by atoms with Crippen molar-refractivity contribution in [3.8, 4) is 0 Å². The van der Waals surface area contributed by atoms with Gasteiger partial charge in [-0.15, -0.1) is 0 Å². The number of benzene rings is 1. The number of hydrogen-bond acceptors (Lipinski definition) is 3. The maximum Gasteiger partial charge on any atom is 0.279 e. The maximum atomic E-state index is 12.9. The molecule has 0 bridgehead atoms. The van der Waals surface area contributed by atoms with Gasteiger partial charge >= 0.3 is 0 Å². The van der Waals surface area contributed by atoms with Gasteiger partial charge in [0.1, 0.15) is 0 Å². The minimum Gasteiger partial charge on any atom is -0.327 e. The maximum absolute atomic E-state index is 12.9. The lowest BCUT2D eigenvalue weighted by Gasteiger charge is -2.31. The largest absolute Gasteiger partial charge is 0.327 e. The highest BCUT2D eigenvalue weighted by atomic mass is 32.2. The summed E-state index contributed by atoms with van der Waals surface area (Å²) in [5.74, 6) is 1.21. The van der Waals surface area contributed by atoms with E-state index >= 15 is 0 Å². The number of carbonyl (C=O) groups is 1. The van der Waals surface area contributed by atoms with E-state index in [2.05, 4.69) is 19.2 Å². The normalized spacial score (nSPS) is 26.8. The summed E-state index contributed by atoms with van der Waals surface area (Å²) >= 11 is 0. The van der Waals surface area contributed by atoms with Crippen LogP contribution in [0.1, 0.15) is 45.1 Å². The Balaban J connectivity index is 1.70. The van der Waals surface area contributed by atoms with E-state index < -0.39 is 10.0 Å². The van der Waals surface area contributed by atoms with Gasteiger partial charge in [0.05, 0.1) is 18.0 Å². The molecule has 6 nitrogen and oxygen atoms in total. The van der Waals surface area contributed by atoms with Crippen LogP contribution >= 0.6 is 0 Å². The summed E-state index contributed by atoms with van der Waals surface area (Å²) in [6.45, 7) is 9.99. The monoisotopic (exact) mass is 408 g/mol. The highest BCUT2D eigenvalue weighted by Gasteiger charge is 2.28. The van der Waals surface area contributed by atoms with Crippen LogP contribution < -0.4 is 10.2 Å². The van der Waals surface area contributed by atoms with Crippen LogP contribution in [0.2, 0.25) is 0 Å². The minimum atomic E-state index is -3.50. The highest BCUT2D eigenvalue weighted by molar-refractivity contribution is 7.89. The number of anilines is 1. The third-order valence-corrected chi connectivity index (χ3v) is 7.82. The van der Waals surface area contributed by atoms with Crippen LogP contribution in [0, 0.1) is 18.8 Å². The Labute approximate surface area is 169 Å². The van der Waals surface area contributed by atoms with E-state index in [1.165, 1.54) is 11.3 Å². The van der Waals surface area contributed by atoms with Crippen LogP contribution in [0.15, 0.2) is 23.1 Å².